The fourth-order valence-electron chi connectivity index (χ4n) is 2.43. The molecule has 2 aromatic carbocycles. The summed E-state index contributed by atoms with van der Waals surface area (Å²) in [5.74, 6) is 0.409. The van der Waals surface area contributed by atoms with Crippen molar-refractivity contribution in [2.24, 2.45) is 0 Å². The molecule has 0 fully saturated rings. The van der Waals surface area contributed by atoms with Crippen LogP contribution in [0.1, 0.15) is 6.92 Å². The Morgan fingerprint density at radius 2 is 1.82 bits per heavy atom. The summed E-state index contributed by atoms with van der Waals surface area (Å²) in [6, 6.07) is 9.00. The van der Waals surface area contributed by atoms with E-state index in [9.17, 15) is 13.2 Å². The third-order valence-corrected chi connectivity index (χ3v) is 6.50. The summed E-state index contributed by atoms with van der Waals surface area (Å²) in [5, 5.41) is 2.90. The van der Waals surface area contributed by atoms with Crippen LogP contribution < -0.4 is 14.8 Å². The van der Waals surface area contributed by atoms with Crippen LogP contribution in [0, 0.1) is 0 Å². The monoisotopic (exact) mass is 446 g/mol. The van der Waals surface area contributed by atoms with E-state index in [0.29, 0.717) is 17.2 Å². The third kappa shape index (κ3) is 5.08. The van der Waals surface area contributed by atoms with Crippen molar-refractivity contribution in [2.75, 3.05) is 32.6 Å². The summed E-state index contributed by atoms with van der Waals surface area (Å²) in [7, 11) is -1.05. The van der Waals surface area contributed by atoms with Crippen molar-refractivity contribution < 1.29 is 22.7 Å². The summed E-state index contributed by atoms with van der Waals surface area (Å²) < 4.78 is 37.1. The van der Waals surface area contributed by atoms with E-state index in [-0.39, 0.29) is 21.5 Å². The topological polar surface area (TPSA) is 84.9 Å². The highest BCUT2D eigenvalue weighted by molar-refractivity contribution is 7.89. The molecule has 28 heavy (non-hydrogen) atoms. The fourth-order valence-corrected chi connectivity index (χ4v) is 4.57. The number of amides is 1. The molecule has 0 aromatic heterocycles. The lowest BCUT2D eigenvalue weighted by Gasteiger charge is -2.21. The Balaban J connectivity index is 2.23. The highest BCUT2D eigenvalue weighted by Gasteiger charge is 2.28. The lowest BCUT2D eigenvalue weighted by atomic mass is 10.2. The number of sulfonamides is 1. The van der Waals surface area contributed by atoms with Gasteiger partial charge in [-0.05, 0) is 30.3 Å². The molecule has 0 aliphatic heterocycles. The normalized spacial score (nSPS) is 11.4. The number of halogens is 2. The molecule has 0 unspecified atom stereocenters. The third-order valence-electron chi connectivity index (χ3n) is 3.87. The summed E-state index contributed by atoms with van der Waals surface area (Å²) in [6.07, 6.45) is 0. The van der Waals surface area contributed by atoms with Gasteiger partial charge in [-0.15, -0.1) is 0 Å². The van der Waals surface area contributed by atoms with Crippen LogP contribution in [0.4, 0.5) is 5.69 Å². The van der Waals surface area contributed by atoms with Crippen LogP contribution >= 0.6 is 23.2 Å². The van der Waals surface area contributed by atoms with E-state index in [4.69, 9.17) is 32.7 Å². The molecule has 0 atom stereocenters. The average molecular weight is 447 g/mol. The number of nitrogens with zero attached hydrogens (tertiary/aromatic N) is 1. The molecule has 10 heteroatoms. The first-order chi connectivity index (χ1) is 13.2. The van der Waals surface area contributed by atoms with Crippen LogP contribution in [0.3, 0.4) is 0 Å². The molecule has 0 radical (unpaired) electrons. The second kappa shape index (κ2) is 9.47. The number of carbonyl (C=O) groups excluding carboxylic acids is 1. The molecule has 152 valence electrons. The van der Waals surface area contributed by atoms with Crippen LogP contribution in [0.25, 0.3) is 0 Å². The van der Waals surface area contributed by atoms with Crippen LogP contribution in [-0.4, -0.2) is 45.9 Å². The zero-order valence-corrected chi connectivity index (χ0v) is 17.9. The van der Waals surface area contributed by atoms with Crippen molar-refractivity contribution in [1.29, 1.82) is 0 Å². The van der Waals surface area contributed by atoms with Gasteiger partial charge < -0.3 is 14.8 Å². The number of anilines is 1. The standard InChI is InChI=1S/C18H20Cl2N2O5S/c1-4-22(28(24,25)17-9-12(19)5-7-14(17)20)11-18(23)21-15-8-6-13(26-2)10-16(15)27-3/h5-10H,4,11H2,1-3H3,(H,21,23). The summed E-state index contributed by atoms with van der Waals surface area (Å²) in [5.41, 5.74) is 0.391. The van der Waals surface area contributed by atoms with Gasteiger partial charge in [-0.1, -0.05) is 30.1 Å². The fraction of sp³-hybridized carbons (Fsp3) is 0.278. The SMILES string of the molecule is CCN(CC(=O)Nc1ccc(OC)cc1OC)S(=O)(=O)c1cc(Cl)ccc1Cl. The van der Waals surface area contributed by atoms with Crippen LogP contribution in [0.5, 0.6) is 11.5 Å². The zero-order chi connectivity index (χ0) is 20.9. The van der Waals surface area contributed by atoms with Crippen molar-refractivity contribution >= 4 is 44.8 Å². The van der Waals surface area contributed by atoms with Crippen molar-refractivity contribution in [2.45, 2.75) is 11.8 Å². The molecule has 2 rings (SSSR count). The van der Waals surface area contributed by atoms with Crippen molar-refractivity contribution in [3.05, 3.63) is 46.4 Å². The van der Waals surface area contributed by atoms with Gasteiger partial charge >= 0.3 is 0 Å². The van der Waals surface area contributed by atoms with Crippen LogP contribution in [0.15, 0.2) is 41.3 Å². The van der Waals surface area contributed by atoms with E-state index in [1.54, 1.807) is 25.1 Å². The molecule has 0 saturated carbocycles. The Kier molecular flexibility index (Phi) is 7.54. The summed E-state index contributed by atoms with van der Waals surface area (Å²) >= 11 is 11.9. The lowest BCUT2D eigenvalue weighted by Crippen LogP contribution is -2.38. The largest absolute Gasteiger partial charge is 0.497 e. The Morgan fingerprint density at radius 3 is 2.43 bits per heavy atom. The molecule has 0 aliphatic rings. The molecule has 0 heterocycles. The Hall–Kier alpha value is -2.00. The minimum atomic E-state index is -4.01. The molecule has 0 spiro atoms. The maximum absolute atomic E-state index is 12.9. The first-order valence-electron chi connectivity index (χ1n) is 8.20. The predicted octanol–water partition coefficient (Wildman–Crippen LogP) is 3.66. The number of hydrogen-bond donors (Lipinski definition) is 1. The quantitative estimate of drug-likeness (QED) is 0.668. The molecule has 7 nitrogen and oxygen atoms in total. The smallest absolute Gasteiger partial charge is 0.245 e. The van der Waals surface area contributed by atoms with Crippen LogP contribution in [0.2, 0.25) is 10.0 Å². The van der Waals surface area contributed by atoms with Gasteiger partial charge in [0.15, 0.2) is 0 Å². The first kappa shape index (κ1) is 22.3. The van der Waals surface area contributed by atoms with Gasteiger partial charge in [0.25, 0.3) is 0 Å². The molecular weight excluding hydrogens is 427 g/mol. The number of rotatable bonds is 8. The molecule has 1 amide bonds. The average Bonchev–Trinajstić information content (AvgIpc) is 2.67. The lowest BCUT2D eigenvalue weighted by molar-refractivity contribution is -0.116. The Morgan fingerprint density at radius 1 is 1.11 bits per heavy atom. The number of methoxy groups -OCH3 is 2. The number of benzene rings is 2. The van der Waals surface area contributed by atoms with E-state index < -0.39 is 22.5 Å². The summed E-state index contributed by atoms with van der Waals surface area (Å²) in [4.78, 5) is 12.3. The van der Waals surface area contributed by atoms with Gasteiger partial charge in [0.1, 0.15) is 16.4 Å². The van der Waals surface area contributed by atoms with Gasteiger partial charge in [0, 0.05) is 17.6 Å². The molecule has 0 saturated heterocycles. The van der Waals surface area contributed by atoms with E-state index >= 15 is 0 Å². The van der Waals surface area contributed by atoms with Gasteiger partial charge in [0.05, 0.1) is 31.5 Å². The number of carbonyl (C=O) groups is 1. The van der Waals surface area contributed by atoms with Crippen molar-refractivity contribution in [3.8, 4) is 11.5 Å². The zero-order valence-electron chi connectivity index (χ0n) is 15.5. The van der Waals surface area contributed by atoms with E-state index in [1.165, 1.54) is 32.4 Å². The highest BCUT2D eigenvalue weighted by atomic mass is 35.5. The summed E-state index contributed by atoms with van der Waals surface area (Å²) in [6.45, 7) is 1.28. The molecule has 1 N–H and O–H groups in total. The van der Waals surface area contributed by atoms with Gasteiger partial charge in [-0.2, -0.15) is 4.31 Å². The minimum absolute atomic E-state index is 0.0279. The van der Waals surface area contributed by atoms with Gasteiger partial charge in [-0.25, -0.2) is 8.42 Å². The highest BCUT2D eigenvalue weighted by Crippen LogP contribution is 2.30. The molecular formula is C18H20Cl2N2O5S. The second-order valence-corrected chi connectivity index (χ2v) is 8.37. The maximum Gasteiger partial charge on any atom is 0.245 e. The predicted molar refractivity (Wildman–Crippen MR) is 109 cm³/mol. The maximum atomic E-state index is 12.9. The number of ether oxygens (including phenoxy) is 2. The minimum Gasteiger partial charge on any atom is -0.497 e. The molecule has 0 bridgehead atoms. The Labute approximate surface area is 174 Å². The van der Waals surface area contributed by atoms with E-state index in [0.717, 1.165) is 4.31 Å². The van der Waals surface area contributed by atoms with Gasteiger partial charge in [0.2, 0.25) is 15.9 Å². The number of hydrogen-bond acceptors (Lipinski definition) is 5. The molecule has 0 aliphatic carbocycles. The van der Waals surface area contributed by atoms with Crippen molar-refractivity contribution in [1.82, 2.24) is 4.31 Å². The first-order valence-corrected chi connectivity index (χ1v) is 10.4. The van der Waals surface area contributed by atoms with Crippen LogP contribution in [-0.2, 0) is 14.8 Å². The second-order valence-electron chi connectivity index (χ2n) is 5.62. The Bertz CT molecular complexity index is 966. The van der Waals surface area contributed by atoms with E-state index in [2.05, 4.69) is 5.32 Å². The number of likely N-dealkylation sites (N-methyl/N-ethyl adjacent to an activating group) is 1. The number of nitrogens with one attached hydrogen (secondary N) is 1. The van der Waals surface area contributed by atoms with E-state index in [1.807, 2.05) is 0 Å². The van der Waals surface area contributed by atoms with Crippen molar-refractivity contribution in [3.63, 3.8) is 0 Å². The van der Waals surface area contributed by atoms with Gasteiger partial charge in [-0.3, -0.25) is 4.79 Å². The molecule has 2 aromatic rings.